The summed E-state index contributed by atoms with van der Waals surface area (Å²) in [6, 6.07) is 4.77. The van der Waals surface area contributed by atoms with Crippen molar-refractivity contribution in [3.8, 4) is 17.2 Å². The molecule has 0 saturated carbocycles. The summed E-state index contributed by atoms with van der Waals surface area (Å²) in [7, 11) is 1.51. The minimum absolute atomic E-state index is 0.0780. The summed E-state index contributed by atoms with van der Waals surface area (Å²) in [6.45, 7) is 3.12. The van der Waals surface area contributed by atoms with Gasteiger partial charge in [0.2, 0.25) is 0 Å². The van der Waals surface area contributed by atoms with Gasteiger partial charge in [-0.15, -0.1) is 0 Å². The van der Waals surface area contributed by atoms with E-state index in [0.717, 1.165) is 0 Å². The van der Waals surface area contributed by atoms with Crippen LogP contribution in [0, 0.1) is 6.92 Å². The average Bonchev–Trinajstić information content (AvgIpc) is 2.28. The van der Waals surface area contributed by atoms with Crippen LogP contribution in [0.25, 0.3) is 10.8 Å². The molecule has 0 unspecified atom stereocenters. The van der Waals surface area contributed by atoms with Crippen LogP contribution in [0.2, 0.25) is 0 Å². The molecule has 0 spiro atoms. The van der Waals surface area contributed by atoms with E-state index in [4.69, 9.17) is 4.74 Å². The average molecular weight is 246 g/mol. The van der Waals surface area contributed by atoms with Crippen LogP contribution in [0.15, 0.2) is 18.2 Å². The first-order valence-corrected chi connectivity index (χ1v) is 5.50. The predicted octanol–water partition coefficient (Wildman–Crippen LogP) is 2.77. The molecule has 0 fully saturated rings. The first-order valence-electron chi connectivity index (χ1n) is 5.50. The van der Waals surface area contributed by atoms with E-state index < -0.39 is 0 Å². The van der Waals surface area contributed by atoms with Gasteiger partial charge in [0.05, 0.1) is 18.1 Å². The van der Waals surface area contributed by atoms with E-state index in [9.17, 15) is 15.0 Å². The van der Waals surface area contributed by atoms with E-state index >= 15 is 0 Å². The molecule has 0 atom stereocenters. The summed E-state index contributed by atoms with van der Waals surface area (Å²) in [5.74, 6) is 0.0186. The van der Waals surface area contributed by atoms with Gasteiger partial charge in [0, 0.05) is 5.39 Å². The highest BCUT2D eigenvalue weighted by molar-refractivity contribution is 6.08. The summed E-state index contributed by atoms with van der Waals surface area (Å²) >= 11 is 0. The van der Waals surface area contributed by atoms with Gasteiger partial charge in [0.15, 0.2) is 5.78 Å². The Bertz CT molecular complexity index is 644. The third kappa shape index (κ3) is 1.66. The number of aryl methyl sites for hydroxylation is 1. The van der Waals surface area contributed by atoms with Crippen molar-refractivity contribution in [1.29, 1.82) is 0 Å². The number of phenols is 2. The Morgan fingerprint density at radius 3 is 2.50 bits per heavy atom. The monoisotopic (exact) mass is 246 g/mol. The predicted molar refractivity (Wildman–Crippen MR) is 68.6 cm³/mol. The van der Waals surface area contributed by atoms with E-state index in [1.165, 1.54) is 20.1 Å². The van der Waals surface area contributed by atoms with E-state index in [0.29, 0.717) is 16.7 Å². The van der Waals surface area contributed by atoms with E-state index in [1.54, 1.807) is 19.1 Å². The number of fused-ring (bicyclic) bond motifs is 1. The summed E-state index contributed by atoms with van der Waals surface area (Å²) < 4.78 is 5.19. The lowest BCUT2D eigenvalue weighted by Gasteiger charge is -2.13. The molecule has 0 amide bonds. The maximum absolute atomic E-state index is 11.5. The first-order chi connectivity index (χ1) is 8.47. The molecule has 4 nitrogen and oxygen atoms in total. The van der Waals surface area contributed by atoms with Crippen molar-refractivity contribution in [2.75, 3.05) is 7.11 Å². The summed E-state index contributed by atoms with van der Waals surface area (Å²) in [6.07, 6.45) is 0. The van der Waals surface area contributed by atoms with Crippen LogP contribution >= 0.6 is 0 Å². The zero-order valence-electron chi connectivity index (χ0n) is 10.4. The Hall–Kier alpha value is -2.23. The second-order valence-electron chi connectivity index (χ2n) is 4.18. The molecule has 0 bridgehead atoms. The minimum Gasteiger partial charge on any atom is -0.507 e. The van der Waals surface area contributed by atoms with E-state index in [-0.39, 0.29) is 28.2 Å². The molecule has 2 aromatic rings. The van der Waals surface area contributed by atoms with Crippen LogP contribution < -0.4 is 4.74 Å². The molecule has 94 valence electrons. The molecule has 0 aliphatic carbocycles. The Balaban J connectivity index is 2.99. The quantitative estimate of drug-likeness (QED) is 0.799. The molecule has 2 N–H and O–H groups in total. The Morgan fingerprint density at radius 2 is 1.94 bits per heavy atom. The van der Waals surface area contributed by atoms with Crippen molar-refractivity contribution in [1.82, 2.24) is 0 Å². The Labute approximate surface area is 104 Å². The highest BCUT2D eigenvalue weighted by Crippen LogP contribution is 2.41. The number of Topliss-reactive ketones (excluding diaryl/α,β-unsaturated/α-hetero) is 1. The van der Waals surface area contributed by atoms with Crippen molar-refractivity contribution in [2.45, 2.75) is 13.8 Å². The van der Waals surface area contributed by atoms with Crippen molar-refractivity contribution >= 4 is 16.6 Å². The maximum Gasteiger partial charge on any atom is 0.163 e. The number of rotatable bonds is 2. The zero-order valence-corrected chi connectivity index (χ0v) is 10.4. The lowest BCUT2D eigenvalue weighted by atomic mass is 9.97. The molecule has 2 rings (SSSR count). The molecule has 0 saturated heterocycles. The number of aromatic hydroxyl groups is 2. The number of methoxy groups -OCH3 is 1. The second kappa shape index (κ2) is 4.22. The summed E-state index contributed by atoms with van der Waals surface area (Å²) in [5.41, 5.74) is 0.877. The minimum atomic E-state index is -0.242. The number of ether oxygens (including phenoxy) is 1. The number of carbonyl (C=O) groups excluding carboxylic acids is 1. The van der Waals surface area contributed by atoms with Crippen molar-refractivity contribution in [2.24, 2.45) is 0 Å². The molecular weight excluding hydrogens is 232 g/mol. The Morgan fingerprint density at radius 1 is 1.28 bits per heavy atom. The molecule has 18 heavy (non-hydrogen) atoms. The maximum atomic E-state index is 11.5. The van der Waals surface area contributed by atoms with Gasteiger partial charge in [0.25, 0.3) is 0 Å². The fourth-order valence-corrected chi connectivity index (χ4v) is 2.20. The lowest BCUT2D eigenvalue weighted by molar-refractivity contribution is 0.101. The number of hydrogen-bond donors (Lipinski definition) is 2. The third-order valence-corrected chi connectivity index (χ3v) is 2.98. The fourth-order valence-electron chi connectivity index (χ4n) is 2.20. The highest BCUT2D eigenvalue weighted by atomic mass is 16.5. The normalized spacial score (nSPS) is 10.6. The van der Waals surface area contributed by atoms with Gasteiger partial charge in [-0.3, -0.25) is 4.79 Å². The van der Waals surface area contributed by atoms with Gasteiger partial charge in [-0.2, -0.15) is 0 Å². The van der Waals surface area contributed by atoms with Gasteiger partial charge in [-0.1, -0.05) is 0 Å². The number of carbonyl (C=O) groups is 1. The number of benzene rings is 2. The molecule has 0 radical (unpaired) electrons. The van der Waals surface area contributed by atoms with Crippen LogP contribution in [-0.2, 0) is 0 Å². The Kier molecular flexibility index (Phi) is 2.87. The van der Waals surface area contributed by atoms with Crippen LogP contribution in [0.3, 0.4) is 0 Å². The molecule has 4 heteroatoms. The molecule has 0 heterocycles. The van der Waals surface area contributed by atoms with Crippen LogP contribution in [0.1, 0.15) is 22.8 Å². The molecule has 0 aliphatic rings. The van der Waals surface area contributed by atoms with Crippen molar-refractivity contribution in [3.63, 3.8) is 0 Å². The number of hydrogen-bond acceptors (Lipinski definition) is 4. The van der Waals surface area contributed by atoms with Crippen LogP contribution in [0.4, 0.5) is 0 Å². The summed E-state index contributed by atoms with van der Waals surface area (Å²) in [4.78, 5) is 11.5. The van der Waals surface area contributed by atoms with Crippen molar-refractivity contribution in [3.05, 3.63) is 29.3 Å². The van der Waals surface area contributed by atoms with Gasteiger partial charge in [-0.25, -0.2) is 0 Å². The van der Waals surface area contributed by atoms with Crippen LogP contribution in [0.5, 0.6) is 17.2 Å². The van der Waals surface area contributed by atoms with Crippen molar-refractivity contribution < 1.29 is 19.7 Å². The zero-order chi connectivity index (χ0) is 13.4. The molecule has 0 aromatic heterocycles. The van der Waals surface area contributed by atoms with Gasteiger partial charge in [-0.05, 0) is 37.6 Å². The highest BCUT2D eigenvalue weighted by Gasteiger charge is 2.18. The molecule has 0 aliphatic heterocycles. The molecular formula is C14H14O4. The largest absolute Gasteiger partial charge is 0.507 e. The second-order valence-corrected chi connectivity index (χ2v) is 4.18. The topological polar surface area (TPSA) is 66.8 Å². The van der Waals surface area contributed by atoms with Gasteiger partial charge < -0.3 is 14.9 Å². The third-order valence-electron chi connectivity index (χ3n) is 2.98. The van der Waals surface area contributed by atoms with Crippen LogP contribution in [-0.4, -0.2) is 23.1 Å². The summed E-state index contributed by atoms with van der Waals surface area (Å²) in [5, 5.41) is 20.8. The first kappa shape index (κ1) is 12.2. The number of ketones is 1. The van der Waals surface area contributed by atoms with E-state index in [2.05, 4.69) is 0 Å². The number of phenolic OH excluding ortho intramolecular Hbond substituents is 2. The SMILES string of the molecule is COc1ccc(O)c2c(O)c(C(C)=O)c(C)cc12. The van der Waals surface area contributed by atoms with Gasteiger partial charge >= 0.3 is 0 Å². The smallest absolute Gasteiger partial charge is 0.163 e. The van der Waals surface area contributed by atoms with Gasteiger partial charge in [0.1, 0.15) is 17.2 Å². The fraction of sp³-hybridized carbons (Fsp3) is 0.214. The van der Waals surface area contributed by atoms with E-state index in [1.807, 2.05) is 0 Å². The standard InChI is InChI=1S/C14H14O4/c1-7-6-9-11(18-3)5-4-10(16)13(9)14(17)12(7)8(2)15/h4-6,16-17H,1-3H3. The molecule has 2 aromatic carbocycles. The lowest BCUT2D eigenvalue weighted by Crippen LogP contribution is -1.98.